The van der Waals surface area contributed by atoms with Gasteiger partial charge in [0, 0.05) is 14.6 Å². The van der Waals surface area contributed by atoms with Gasteiger partial charge >= 0.3 is 12.2 Å². The van der Waals surface area contributed by atoms with Crippen molar-refractivity contribution in [1.82, 2.24) is 0 Å². The Bertz CT molecular complexity index is 941. The van der Waals surface area contributed by atoms with E-state index in [9.17, 15) is 18.0 Å². The van der Waals surface area contributed by atoms with Crippen molar-refractivity contribution in [3.63, 3.8) is 0 Å². The molecule has 128 valence electrons. The monoisotopic (exact) mass is 456 g/mol. The molecule has 0 heterocycles. The van der Waals surface area contributed by atoms with Gasteiger partial charge in [0.1, 0.15) is 0 Å². The summed E-state index contributed by atoms with van der Waals surface area (Å²) in [7, 11) is 0. The highest BCUT2D eigenvalue weighted by Gasteiger charge is 2.30. The molecular formula is C18H12F3IN2O. The van der Waals surface area contributed by atoms with E-state index in [1.165, 1.54) is 12.1 Å². The second kappa shape index (κ2) is 6.91. The maximum absolute atomic E-state index is 12.7. The first-order valence-corrected chi connectivity index (χ1v) is 8.35. The van der Waals surface area contributed by atoms with Crippen LogP contribution < -0.4 is 10.6 Å². The molecule has 0 radical (unpaired) electrons. The number of hydrogen-bond donors (Lipinski definition) is 2. The highest BCUT2D eigenvalue weighted by Crippen LogP contribution is 2.31. The van der Waals surface area contributed by atoms with Crippen LogP contribution in [0.5, 0.6) is 0 Å². The Balaban J connectivity index is 1.81. The number of anilines is 2. The van der Waals surface area contributed by atoms with E-state index in [1.807, 2.05) is 30.3 Å². The highest BCUT2D eigenvalue weighted by molar-refractivity contribution is 14.1. The second-order valence-corrected chi connectivity index (χ2v) is 6.46. The van der Waals surface area contributed by atoms with Crippen molar-refractivity contribution in [2.24, 2.45) is 0 Å². The molecule has 0 aliphatic carbocycles. The number of halogens is 4. The second-order valence-electron chi connectivity index (χ2n) is 5.30. The molecule has 3 rings (SSSR count). The van der Waals surface area contributed by atoms with Gasteiger partial charge in [-0.2, -0.15) is 13.2 Å². The van der Waals surface area contributed by atoms with Crippen LogP contribution in [0.25, 0.3) is 10.8 Å². The summed E-state index contributed by atoms with van der Waals surface area (Å²) in [6.07, 6.45) is -4.46. The van der Waals surface area contributed by atoms with E-state index in [1.54, 1.807) is 6.07 Å². The molecular weight excluding hydrogens is 444 g/mol. The summed E-state index contributed by atoms with van der Waals surface area (Å²) in [4.78, 5) is 12.2. The topological polar surface area (TPSA) is 41.1 Å². The Morgan fingerprint density at radius 2 is 1.56 bits per heavy atom. The molecule has 0 atom stereocenters. The Kier molecular flexibility index (Phi) is 4.85. The molecule has 25 heavy (non-hydrogen) atoms. The van der Waals surface area contributed by atoms with Crippen LogP contribution in [0.15, 0.2) is 60.7 Å². The molecule has 3 aromatic rings. The van der Waals surface area contributed by atoms with Gasteiger partial charge < -0.3 is 10.6 Å². The average molecular weight is 456 g/mol. The number of rotatable bonds is 2. The molecule has 7 heteroatoms. The Hall–Kier alpha value is -2.29. The fourth-order valence-electron chi connectivity index (χ4n) is 2.44. The predicted molar refractivity (Wildman–Crippen MR) is 101 cm³/mol. The third kappa shape index (κ3) is 4.04. The highest BCUT2D eigenvalue weighted by atomic mass is 127. The van der Waals surface area contributed by atoms with Crippen LogP contribution in [-0.4, -0.2) is 6.03 Å². The molecule has 0 aliphatic rings. The molecule has 0 fully saturated rings. The minimum atomic E-state index is -4.46. The van der Waals surface area contributed by atoms with Gasteiger partial charge in [-0.3, -0.25) is 0 Å². The van der Waals surface area contributed by atoms with Crippen molar-refractivity contribution in [1.29, 1.82) is 0 Å². The van der Waals surface area contributed by atoms with E-state index in [0.29, 0.717) is 5.69 Å². The molecule has 2 amide bonds. The minimum absolute atomic E-state index is 0.0714. The Labute approximate surface area is 155 Å². The van der Waals surface area contributed by atoms with E-state index in [-0.39, 0.29) is 5.69 Å². The van der Waals surface area contributed by atoms with Gasteiger partial charge in [-0.1, -0.05) is 30.3 Å². The number of urea groups is 1. The van der Waals surface area contributed by atoms with Crippen molar-refractivity contribution in [3.05, 3.63) is 69.8 Å². The van der Waals surface area contributed by atoms with Crippen LogP contribution in [0.3, 0.4) is 0 Å². The first-order valence-electron chi connectivity index (χ1n) is 7.27. The van der Waals surface area contributed by atoms with Crippen LogP contribution in [0, 0.1) is 3.57 Å². The van der Waals surface area contributed by atoms with Crippen molar-refractivity contribution in [3.8, 4) is 0 Å². The fourth-order valence-corrected chi connectivity index (χ4v) is 3.12. The van der Waals surface area contributed by atoms with Crippen molar-refractivity contribution >= 4 is 50.8 Å². The quantitative estimate of drug-likeness (QED) is 0.450. The summed E-state index contributed by atoms with van der Waals surface area (Å²) in [5, 5.41) is 6.96. The van der Waals surface area contributed by atoms with Gasteiger partial charge in [0.2, 0.25) is 0 Å². The number of amides is 2. The van der Waals surface area contributed by atoms with Crippen molar-refractivity contribution < 1.29 is 18.0 Å². The lowest BCUT2D eigenvalue weighted by molar-refractivity contribution is -0.137. The Morgan fingerprint density at radius 1 is 0.880 bits per heavy atom. The summed E-state index contributed by atoms with van der Waals surface area (Å²) >= 11 is 2.20. The molecule has 0 unspecified atom stereocenters. The van der Waals surface area contributed by atoms with Gasteiger partial charge in [-0.15, -0.1) is 0 Å². The Morgan fingerprint density at radius 3 is 2.32 bits per heavy atom. The average Bonchev–Trinajstić information content (AvgIpc) is 2.55. The van der Waals surface area contributed by atoms with E-state index in [4.69, 9.17) is 0 Å². The van der Waals surface area contributed by atoms with E-state index < -0.39 is 17.8 Å². The minimum Gasteiger partial charge on any atom is -0.308 e. The third-order valence-corrected chi connectivity index (χ3v) is 4.51. The van der Waals surface area contributed by atoms with Gasteiger partial charge in [-0.05, 0) is 58.3 Å². The molecule has 3 aromatic carbocycles. The van der Waals surface area contributed by atoms with E-state index in [0.717, 1.165) is 26.5 Å². The van der Waals surface area contributed by atoms with Crippen LogP contribution in [0.2, 0.25) is 0 Å². The summed E-state index contributed by atoms with van der Waals surface area (Å²) in [6, 6.07) is 15.1. The molecule has 0 aliphatic heterocycles. The number of nitrogens with one attached hydrogen (secondary N) is 2. The zero-order valence-electron chi connectivity index (χ0n) is 12.7. The number of hydrogen-bond acceptors (Lipinski definition) is 1. The van der Waals surface area contributed by atoms with Crippen LogP contribution in [0.4, 0.5) is 29.3 Å². The SMILES string of the molecule is O=C(Nc1cccc(C(F)(F)F)c1)Nc1cccc2c(I)cccc12. The van der Waals surface area contributed by atoms with E-state index in [2.05, 4.69) is 33.2 Å². The lowest BCUT2D eigenvalue weighted by Crippen LogP contribution is -2.20. The van der Waals surface area contributed by atoms with Crippen molar-refractivity contribution in [2.45, 2.75) is 6.18 Å². The zero-order chi connectivity index (χ0) is 18.0. The molecule has 0 aromatic heterocycles. The molecule has 0 saturated heterocycles. The molecule has 0 bridgehead atoms. The number of carbonyl (C=O) groups excluding carboxylic acids is 1. The lowest BCUT2D eigenvalue weighted by atomic mass is 10.1. The first kappa shape index (κ1) is 17.5. The van der Waals surface area contributed by atoms with Gasteiger partial charge in [0.15, 0.2) is 0 Å². The normalized spacial score (nSPS) is 11.4. The first-order chi connectivity index (χ1) is 11.8. The number of fused-ring (bicyclic) bond motifs is 1. The standard InChI is InChI=1S/C18H12F3IN2O/c19-18(20,21)11-4-1-5-12(10-11)23-17(25)24-16-9-3-6-13-14(16)7-2-8-15(13)22/h1-10H,(H2,23,24,25). The maximum Gasteiger partial charge on any atom is 0.416 e. The number of alkyl halides is 3. The smallest absolute Gasteiger partial charge is 0.308 e. The van der Waals surface area contributed by atoms with Crippen LogP contribution in [0.1, 0.15) is 5.56 Å². The number of benzene rings is 3. The number of carbonyl (C=O) groups is 1. The zero-order valence-corrected chi connectivity index (χ0v) is 14.9. The molecule has 0 saturated carbocycles. The summed E-state index contributed by atoms with van der Waals surface area (Å²) in [5.74, 6) is 0. The van der Waals surface area contributed by atoms with Gasteiger partial charge in [-0.25, -0.2) is 4.79 Å². The van der Waals surface area contributed by atoms with Crippen LogP contribution in [-0.2, 0) is 6.18 Å². The fraction of sp³-hybridized carbons (Fsp3) is 0.0556. The van der Waals surface area contributed by atoms with Gasteiger partial charge in [0.05, 0.1) is 11.3 Å². The summed E-state index contributed by atoms with van der Waals surface area (Å²) < 4.78 is 39.2. The largest absolute Gasteiger partial charge is 0.416 e. The van der Waals surface area contributed by atoms with Crippen LogP contribution >= 0.6 is 22.6 Å². The lowest BCUT2D eigenvalue weighted by Gasteiger charge is -2.12. The molecule has 2 N–H and O–H groups in total. The van der Waals surface area contributed by atoms with Gasteiger partial charge in [0.25, 0.3) is 0 Å². The summed E-state index contributed by atoms with van der Waals surface area (Å²) in [5.41, 5.74) is -0.160. The summed E-state index contributed by atoms with van der Waals surface area (Å²) in [6.45, 7) is 0. The predicted octanol–water partition coefficient (Wildman–Crippen LogP) is 6.11. The van der Waals surface area contributed by atoms with E-state index >= 15 is 0 Å². The van der Waals surface area contributed by atoms with Crippen molar-refractivity contribution in [2.75, 3.05) is 10.6 Å². The maximum atomic E-state index is 12.7. The third-order valence-electron chi connectivity index (χ3n) is 3.56. The molecule has 0 spiro atoms. The molecule has 3 nitrogen and oxygen atoms in total.